The maximum absolute atomic E-state index is 11.4. The van der Waals surface area contributed by atoms with Gasteiger partial charge in [-0.15, -0.1) is 11.8 Å². The maximum Gasteiger partial charge on any atom is 0.237 e. The predicted octanol–water partition coefficient (Wildman–Crippen LogP) is 2.13. The number of carbonyl (C=O) groups is 1. The second-order valence-electron chi connectivity index (χ2n) is 3.11. The van der Waals surface area contributed by atoms with Gasteiger partial charge in [-0.25, -0.2) is 0 Å². The summed E-state index contributed by atoms with van der Waals surface area (Å²) >= 11 is 1.57. The number of hydrogen-bond donors (Lipinski definition) is 1. The van der Waals surface area contributed by atoms with E-state index in [-0.39, 0.29) is 11.2 Å². The third-order valence-corrected chi connectivity index (χ3v) is 3.30. The van der Waals surface area contributed by atoms with E-state index >= 15 is 0 Å². The van der Waals surface area contributed by atoms with Crippen LogP contribution in [-0.4, -0.2) is 18.3 Å². The highest BCUT2D eigenvalue weighted by molar-refractivity contribution is 8.00. The van der Waals surface area contributed by atoms with Crippen molar-refractivity contribution in [1.29, 1.82) is 0 Å². The summed E-state index contributed by atoms with van der Waals surface area (Å²) in [5.74, 6) is 0.815. The fourth-order valence-electron chi connectivity index (χ4n) is 1.31. The van der Waals surface area contributed by atoms with Crippen LogP contribution in [-0.2, 0) is 4.79 Å². The minimum absolute atomic E-state index is 0.0177. The van der Waals surface area contributed by atoms with Crippen molar-refractivity contribution in [2.24, 2.45) is 0 Å². The van der Waals surface area contributed by atoms with Crippen LogP contribution in [0.25, 0.3) is 0 Å². The number of carbonyl (C=O) groups excluding carboxylic acids is 1. The molecule has 4 heteroatoms. The summed E-state index contributed by atoms with van der Waals surface area (Å²) in [4.78, 5) is 12.5. The molecular weight excluding hydrogens is 198 g/mol. The van der Waals surface area contributed by atoms with Gasteiger partial charge in [-0.3, -0.25) is 4.79 Å². The number of hydrogen-bond acceptors (Lipinski definition) is 3. The molecule has 0 aromatic heterocycles. The lowest BCUT2D eigenvalue weighted by Crippen LogP contribution is -2.26. The summed E-state index contributed by atoms with van der Waals surface area (Å²) < 4.78 is 5.08. The van der Waals surface area contributed by atoms with Gasteiger partial charge in [-0.05, 0) is 19.1 Å². The summed E-state index contributed by atoms with van der Waals surface area (Å²) in [6, 6.07) is 5.71. The first-order chi connectivity index (χ1) is 6.70. The topological polar surface area (TPSA) is 38.3 Å². The molecule has 1 N–H and O–H groups in total. The number of amides is 1. The second-order valence-corrected chi connectivity index (χ2v) is 4.49. The van der Waals surface area contributed by atoms with E-state index in [2.05, 4.69) is 5.32 Å². The van der Waals surface area contributed by atoms with Crippen LogP contribution in [0.5, 0.6) is 5.75 Å². The molecule has 3 nitrogen and oxygen atoms in total. The average molecular weight is 209 g/mol. The highest BCUT2D eigenvalue weighted by Gasteiger charge is 2.22. The normalized spacial score (nSPS) is 19.9. The first-order valence-corrected chi connectivity index (χ1v) is 5.24. The lowest BCUT2D eigenvalue weighted by atomic mass is 10.2. The number of fused-ring (bicyclic) bond motifs is 1. The van der Waals surface area contributed by atoms with Crippen LogP contribution >= 0.6 is 11.8 Å². The van der Waals surface area contributed by atoms with Crippen LogP contribution in [0.2, 0.25) is 0 Å². The van der Waals surface area contributed by atoms with Crippen molar-refractivity contribution in [3.05, 3.63) is 18.2 Å². The lowest BCUT2D eigenvalue weighted by molar-refractivity contribution is -0.115. The monoisotopic (exact) mass is 209 g/mol. The highest BCUT2D eigenvalue weighted by atomic mass is 32.2. The van der Waals surface area contributed by atoms with Gasteiger partial charge >= 0.3 is 0 Å². The quantitative estimate of drug-likeness (QED) is 0.770. The zero-order chi connectivity index (χ0) is 10.1. The van der Waals surface area contributed by atoms with Crippen LogP contribution in [0.3, 0.4) is 0 Å². The smallest absolute Gasteiger partial charge is 0.237 e. The standard InChI is InChI=1S/C10H11NO2S/c1-6-10(12)11-8-5-7(13-2)3-4-9(8)14-6/h3-6H,1-2H3,(H,11,12). The second kappa shape index (κ2) is 3.53. The first kappa shape index (κ1) is 9.40. The lowest BCUT2D eigenvalue weighted by Gasteiger charge is -2.21. The number of rotatable bonds is 1. The Bertz CT molecular complexity index is 378. The summed E-state index contributed by atoms with van der Waals surface area (Å²) in [6.45, 7) is 1.90. The summed E-state index contributed by atoms with van der Waals surface area (Å²) in [5, 5.41) is 2.83. The molecule has 0 bridgehead atoms. The van der Waals surface area contributed by atoms with Crippen molar-refractivity contribution in [3.8, 4) is 5.75 Å². The van der Waals surface area contributed by atoms with E-state index in [1.807, 2.05) is 25.1 Å². The molecule has 0 saturated heterocycles. The van der Waals surface area contributed by atoms with Crippen LogP contribution in [0.15, 0.2) is 23.1 Å². The number of benzene rings is 1. The number of anilines is 1. The third kappa shape index (κ3) is 1.57. The van der Waals surface area contributed by atoms with Crippen molar-refractivity contribution >= 4 is 23.4 Å². The molecule has 1 amide bonds. The summed E-state index contributed by atoms with van der Waals surface area (Å²) in [6.07, 6.45) is 0. The van der Waals surface area contributed by atoms with E-state index < -0.39 is 0 Å². The molecular formula is C10H11NO2S. The zero-order valence-corrected chi connectivity index (χ0v) is 8.85. The zero-order valence-electron chi connectivity index (χ0n) is 8.03. The van der Waals surface area contributed by atoms with E-state index in [0.29, 0.717) is 0 Å². The van der Waals surface area contributed by atoms with Gasteiger partial charge in [0.15, 0.2) is 0 Å². The van der Waals surface area contributed by atoms with Crippen LogP contribution in [0.4, 0.5) is 5.69 Å². The Hall–Kier alpha value is -1.16. The van der Waals surface area contributed by atoms with Gasteiger partial charge in [-0.1, -0.05) is 0 Å². The molecule has 0 aliphatic carbocycles. The fourth-order valence-corrected chi connectivity index (χ4v) is 2.25. The highest BCUT2D eigenvalue weighted by Crippen LogP contribution is 2.37. The molecule has 1 atom stereocenters. The minimum atomic E-state index is -0.0177. The van der Waals surface area contributed by atoms with Crippen molar-refractivity contribution in [2.45, 2.75) is 17.1 Å². The van der Waals surface area contributed by atoms with Crippen molar-refractivity contribution in [1.82, 2.24) is 0 Å². The summed E-state index contributed by atoms with van der Waals surface area (Å²) in [5.41, 5.74) is 0.845. The number of thioether (sulfide) groups is 1. The van der Waals surface area contributed by atoms with Crippen molar-refractivity contribution in [2.75, 3.05) is 12.4 Å². The molecule has 0 radical (unpaired) electrons. The molecule has 74 valence electrons. The van der Waals surface area contributed by atoms with Crippen molar-refractivity contribution in [3.63, 3.8) is 0 Å². The van der Waals surface area contributed by atoms with Gasteiger partial charge in [0.2, 0.25) is 5.91 Å². The number of ether oxygens (including phenoxy) is 1. The number of nitrogens with one attached hydrogen (secondary N) is 1. The molecule has 1 aromatic carbocycles. The molecule has 1 aliphatic rings. The molecule has 1 aliphatic heterocycles. The van der Waals surface area contributed by atoms with Gasteiger partial charge in [0.1, 0.15) is 5.75 Å². The predicted molar refractivity (Wildman–Crippen MR) is 56.9 cm³/mol. The van der Waals surface area contributed by atoms with E-state index in [0.717, 1.165) is 16.3 Å². The fraction of sp³-hybridized carbons (Fsp3) is 0.300. The van der Waals surface area contributed by atoms with Crippen LogP contribution in [0.1, 0.15) is 6.92 Å². The Balaban J connectivity index is 2.37. The Morgan fingerprint density at radius 3 is 3.00 bits per heavy atom. The Labute approximate surface area is 86.8 Å². The molecule has 0 fully saturated rings. The van der Waals surface area contributed by atoms with Gasteiger partial charge in [0.25, 0.3) is 0 Å². The average Bonchev–Trinajstić information content (AvgIpc) is 2.19. The van der Waals surface area contributed by atoms with Gasteiger partial charge in [0.05, 0.1) is 18.0 Å². The van der Waals surface area contributed by atoms with E-state index in [9.17, 15) is 4.79 Å². The van der Waals surface area contributed by atoms with E-state index in [4.69, 9.17) is 4.74 Å². The Kier molecular flexibility index (Phi) is 2.37. The molecule has 1 heterocycles. The van der Waals surface area contributed by atoms with E-state index in [1.165, 1.54) is 0 Å². The minimum Gasteiger partial charge on any atom is -0.497 e. The maximum atomic E-state index is 11.4. The first-order valence-electron chi connectivity index (χ1n) is 4.36. The Morgan fingerprint density at radius 2 is 2.29 bits per heavy atom. The van der Waals surface area contributed by atoms with Gasteiger partial charge in [0, 0.05) is 11.0 Å². The Morgan fingerprint density at radius 1 is 1.50 bits per heavy atom. The summed E-state index contributed by atoms with van der Waals surface area (Å²) in [7, 11) is 1.61. The molecule has 2 rings (SSSR count). The van der Waals surface area contributed by atoms with E-state index in [1.54, 1.807) is 18.9 Å². The largest absolute Gasteiger partial charge is 0.497 e. The molecule has 0 saturated carbocycles. The molecule has 14 heavy (non-hydrogen) atoms. The SMILES string of the molecule is COc1ccc2c(c1)NC(=O)C(C)S2. The van der Waals surface area contributed by atoms with Gasteiger partial charge < -0.3 is 10.1 Å². The van der Waals surface area contributed by atoms with Crippen LogP contribution in [0, 0.1) is 0 Å². The molecule has 1 aromatic rings. The van der Waals surface area contributed by atoms with Crippen molar-refractivity contribution < 1.29 is 9.53 Å². The molecule has 0 spiro atoms. The third-order valence-electron chi connectivity index (χ3n) is 2.12. The van der Waals surface area contributed by atoms with Gasteiger partial charge in [-0.2, -0.15) is 0 Å². The molecule has 1 unspecified atom stereocenters. The van der Waals surface area contributed by atoms with Crippen LogP contribution < -0.4 is 10.1 Å². The number of methoxy groups -OCH3 is 1.